The molecule has 0 aromatic rings. The third-order valence-corrected chi connectivity index (χ3v) is 1.93. The Hall–Kier alpha value is -0.0500. The molecule has 0 aromatic carbocycles. The SMILES string of the molecule is CN(C(=O)Br)C1CC1. The van der Waals surface area contributed by atoms with Crippen molar-refractivity contribution < 1.29 is 4.79 Å². The number of carbonyl (C=O) groups excluding carboxylic acids is 1. The standard InChI is InChI=1S/C5H8BrNO/c1-7(5(6)8)4-2-3-4/h4H,2-3H2,1H3. The van der Waals surface area contributed by atoms with E-state index < -0.39 is 0 Å². The van der Waals surface area contributed by atoms with Crippen LogP contribution in [0.4, 0.5) is 4.79 Å². The number of carbonyl (C=O) groups is 1. The molecule has 1 amide bonds. The number of hydrogen-bond donors (Lipinski definition) is 0. The van der Waals surface area contributed by atoms with Crippen molar-refractivity contribution >= 4 is 20.7 Å². The number of nitrogens with zero attached hydrogens (tertiary/aromatic N) is 1. The van der Waals surface area contributed by atoms with E-state index in [1.54, 1.807) is 4.90 Å². The summed E-state index contributed by atoms with van der Waals surface area (Å²) in [5.74, 6) is 0. The molecule has 1 fully saturated rings. The fourth-order valence-electron chi connectivity index (χ4n) is 0.605. The van der Waals surface area contributed by atoms with Gasteiger partial charge in [0.15, 0.2) is 0 Å². The van der Waals surface area contributed by atoms with Gasteiger partial charge in [-0.3, -0.25) is 4.79 Å². The van der Waals surface area contributed by atoms with Crippen molar-refractivity contribution in [2.75, 3.05) is 7.05 Å². The molecule has 46 valence electrons. The third-order valence-electron chi connectivity index (χ3n) is 1.37. The van der Waals surface area contributed by atoms with Crippen molar-refractivity contribution in [3.05, 3.63) is 0 Å². The Bertz CT molecular complexity index is 111. The third kappa shape index (κ3) is 1.22. The van der Waals surface area contributed by atoms with Crippen molar-refractivity contribution in [2.24, 2.45) is 0 Å². The summed E-state index contributed by atoms with van der Waals surface area (Å²) in [6.45, 7) is 0. The van der Waals surface area contributed by atoms with Gasteiger partial charge in [-0.1, -0.05) is 0 Å². The second-order valence-corrected chi connectivity index (χ2v) is 2.77. The topological polar surface area (TPSA) is 20.3 Å². The molecular weight excluding hydrogens is 170 g/mol. The lowest BCUT2D eigenvalue weighted by atomic mass is 10.6. The summed E-state index contributed by atoms with van der Waals surface area (Å²) in [6, 6.07) is 0.530. The number of halogens is 1. The van der Waals surface area contributed by atoms with Crippen molar-refractivity contribution in [1.29, 1.82) is 0 Å². The van der Waals surface area contributed by atoms with E-state index >= 15 is 0 Å². The molecule has 1 aliphatic rings. The van der Waals surface area contributed by atoms with E-state index in [9.17, 15) is 4.79 Å². The molecule has 0 spiro atoms. The van der Waals surface area contributed by atoms with Gasteiger partial charge < -0.3 is 4.90 Å². The van der Waals surface area contributed by atoms with Gasteiger partial charge in [-0.15, -0.1) is 0 Å². The van der Waals surface area contributed by atoms with Gasteiger partial charge in [0, 0.05) is 29.0 Å². The first-order valence-electron chi connectivity index (χ1n) is 2.64. The molecule has 0 unspecified atom stereocenters. The van der Waals surface area contributed by atoms with Gasteiger partial charge in [0.25, 0.3) is 4.82 Å². The van der Waals surface area contributed by atoms with Crippen molar-refractivity contribution in [2.45, 2.75) is 18.9 Å². The average molecular weight is 178 g/mol. The van der Waals surface area contributed by atoms with Crippen LogP contribution in [0.2, 0.25) is 0 Å². The van der Waals surface area contributed by atoms with Crippen LogP contribution in [0.3, 0.4) is 0 Å². The van der Waals surface area contributed by atoms with E-state index in [4.69, 9.17) is 0 Å². The van der Waals surface area contributed by atoms with Gasteiger partial charge in [-0.2, -0.15) is 0 Å². The largest absolute Gasteiger partial charge is 0.333 e. The molecule has 0 radical (unpaired) electrons. The minimum absolute atomic E-state index is 0.000000000000000222. The van der Waals surface area contributed by atoms with Crippen LogP contribution in [0.25, 0.3) is 0 Å². The van der Waals surface area contributed by atoms with Crippen LogP contribution in [0, 0.1) is 0 Å². The first kappa shape index (κ1) is 6.08. The fraction of sp³-hybridized carbons (Fsp3) is 0.800. The van der Waals surface area contributed by atoms with Crippen LogP contribution in [-0.2, 0) is 0 Å². The first-order chi connectivity index (χ1) is 3.72. The van der Waals surface area contributed by atoms with Gasteiger partial charge in [-0.05, 0) is 12.8 Å². The van der Waals surface area contributed by atoms with Gasteiger partial charge >= 0.3 is 0 Å². The predicted molar refractivity (Wildman–Crippen MR) is 35.1 cm³/mol. The summed E-state index contributed by atoms with van der Waals surface area (Å²) < 4.78 is 0. The maximum atomic E-state index is 10.5. The van der Waals surface area contributed by atoms with Crippen LogP contribution in [-0.4, -0.2) is 22.8 Å². The molecule has 0 aliphatic heterocycles. The lowest BCUT2D eigenvalue weighted by Crippen LogP contribution is -2.22. The second-order valence-electron chi connectivity index (χ2n) is 2.10. The van der Waals surface area contributed by atoms with Crippen LogP contribution < -0.4 is 0 Å². The summed E-state index contributed by atoms with van der Waals surface area (Å²) in [7, 11) is 1.81. The molecular formula is C5H8BrNO. The van der Waals surface area contributed by atoms with Gasteiger partial charge in [0.1, 0.15) is 0 Å². The molecule has 1 aliphatic carbocycles. The molecule has 1 saturated carbocycles. The van der Waals surface area contributed by atoms with Gasteiger partial charge in [0.2, 0.25) is 0 Å². The van der Waals surface area contributed by atoms with Gasteiger partial charge in [-0.25, -0.2) is 0 Å². The van der Waals surface area contributed by atoms with E-state index in [1.807, 2.05) is 7.05 Å². The first-order valence-corrected chi connectivity index (χ1v) is 3.43. The lowest BCUT2D eigenvalue weighted by molar-refractivity contribution is 0.233. The molecule has 0 aromatic heterocycles. The summed E-state index contributed by atoms with van der Waals surface area (Å²) in [5, 5.41) is 0. The van der Waals surface area contributed by atoms with E-state index in [2.05, 4.69) is 15.9 Å². The van der Waals surface area contributed by atoms with E-state index in [0.29, 0.717) is 6.04 Å². The Kier molecular flexibility index (Phi) is 1.56. The van der Waals surface area contributed by atoms with Crippen molar-refractivity contribution in [3.63, 3.8) is 0 Å². The minimum atomic E-state index is 0.000000000000000222. The average Bonchev–Trinajstić information content (AvgIpc) is 2.43. The number of rotatable bonds is 1. The van der Waals surface area contributed by atoms with E-state index in [0.717, 1.165) is 0 Å². The molecule has 0 saturated heterocycles. The zero-order valence-electron chi connectivity index (χ0n) is 4.72. The normalized spacial score (nSPS) is 18.2. The highest BCUT2D eigenvalue weighted by Crippen LogP contribution is 2.26. The maximum absolute atomic E-state index is 10.5. The Morgan fingerprint density at radius 1 is 1.75 bits per heavy atom. The molecule has 0 atom stereocenters. The minimum Gasteiger partial charge on any atom is -0.333 e. The fourth-order valence-corrected chi connectivity index (χ4v) is 0.895. The van der Waals surface area contributed by atoms with Crippen LogP contribution in [0.5, 0.6) is 0 Å². The second kappa shape index (κ2) is 2.05. The maximum Gasteiger partial charge on any atom is 0.289 e. The summed E-state index contributed by atoms with van der Waals surface area (Å²) in [5.41, 5.74) is 0. The molecule has 3 heteroatoms. The highest BCUT2D eigenvalue weighted by molar-refractivity contribution is 9.18. The highest BCUT2D eigenvalue weighted by Gasteiger charge is 2.28. The molecule has 0 bridgehead atoms. The van der Waals surface area contributed by atoms with Crippen LogP contribution >= 0.6 is 15.9 Å². The number of hydrogen-bond acceptors (Lipinski definition) is 1. The lowest BCUT2D eigenvalue weighted by Gasteiger charge is -2.09. The molecule has 8 heavy (non-hydrogen) atoms. The summed E-state index contributed by atoms with van der Waals surface area (Å²) >= 11 is 2.87. The van der Waals surface area contributed by atoms with Crippen LogP contribution in [0.1, 0.15) is 12.8 Å². The quantitative estimate of drug-likeness (QED) is 0.441. The zero-order valence-corrected chi connectivity index (χ0v) is 6.31. The smallest absolute Gasteiger partial charge is 0.289 e. The number of amides is 1. The Labute approximate surface area is 57.0 Å². The predicted octanol–water partition coefficient (Wildman–Crippen LogP) is 1.60. The van der Waals surface area contributed by atoms with E-state index in [-0.39, 0.29) is 4.82 Å². The highest BCUT2D eigenvalue weighted by atomic mass is 79.9. The Morgan fingerprint density at radius 2 is 2.25 bits per heavy atom. The Morgan fingerprint density at radius 3 is 2.38 bits per heavy atom. The van der Waals surface area contributed by atoms with E-state index in [1.165, 1.54) is 12.8 Å². The molecule has 2 nitrogen and oxygen atoms in total. The van der Waals surface area contributed by atoms with Gasteiger partial charge in [0.05, 0.1) is 0 Å². The molecule has 0 N–H and O–H groups in total. The summed E-state index contributed by atoms with van der Waals surface area (Å²) in [6.07, 6.45) is 2.35. The van der Waals surface area contributed by atoms with Crippen molar-refractivity contribution in [1.82, 2.24) is 4.90 Å². The Balaban J connectivity index is 2.32. The monoisotopic (exact) mass is 177 g/mol. The molecule has 0 heterocycles. The molecule has 1 rings (SSSR count). The van der Waals surface area contributed by atoms with Crippen molar-refractivity contribution in [3.8, 4) is 0 Å². The van der Waals surface area contributed by atoms with Crippen LogP contribution in [0.15, 0.2) is 0 Å². The zero-order chi connectivity index (χ0) is 6.15. The summed E-state index contributed by atoms with van der Waals surface area (Å²) in [4.78, 5) is 12.2.